The van der Waals surface area contributed by atoms with Crippen molar-refractivity contribution in [1.82, 2.24) is 10.2 Å². The molecule has 1 unspecified atom stereocenters. The molecule has 2 aromatic rings. The number of esters is 1. The molecule has 0 saturated heterocycles. The second kappa shape index (κ2) is 13.5. The molecule has 5 heteroatoms. The molecule has 1 N–H and O–H groups in total. The highest BCUT2D eigenvalue weighted by molar-refractivity contribution is 5.77. The first kappa shape index (κ1) is 23.6. The van der Waals surface area contributed by atoms with Crippen molar-refractivity contribution < 1.29 is 14.3 Å². The van der Waals surface area contributed by atoms with E-state index < -0.39 is 0 Å². The number of rotatable bonds is 13. The number of amides is 1. The van der Waals surface area contributed by atoms with Crippen LogP contribution in [0.1, 0.15) is 43.2 Å². The lowest BCUT2D eigenvalue weighted by molar-refractivity contribution is -0.145. The molecule has 0 saturated carbocycles. The van der Waals surface area contributed by atoms with Crippen LogP contribution in [-0.4, -0.2) is 43.5 Å². The molecule has 0 radical (unpaired) electrons. The Morgan fingerprint density at radius 3 is 2.17 bits per heavy atom. The summed E-state index contributed by atoms with van der Waals surface area (Å²) < 4.78 is 5.37. The van der Waals surface area contributed by atoms with E-state index in [4.69, 9.17) is 4.74 Å². The van der Waals surface area contributed by atoms with Crippen molar-refractivity contribution in [3.8, 4) is 0 Å². The summed E-state index contributed by atoms with van der Waals surface area (Å²) in [7, 11) is 3.86. The van der Waals surface area contributed by atoms with E-state index in [-0.39, 0.29) is 30.9 Å². The highest BCUT2D eigenvalue weighted by Crippen LogP contribution is 2.08. The first-order chi connectivity index (χ1) is 14.5. The van der Waals surface area contributed by atoms with Crippen LogP contribution >= 0.6 is 0 Å². The first-order valence-corrected chi connectivity index (χ1v) is 10.7. The number of nitrogens with zero attached hydrogens (tertiary/aromatic N) is 1. The fourth-order valence-electron chi connectivity index (χ4n) is 3.34. The summed E-state index contributed by atoms with van der Waals surface area (Å²) in [6.07, 6.45) is 4.64. The van der Waals surface area contributed by atoms with Crippen LogP contribution in [-0.2, 0) is 27.4 Å². The van der Waals surface area contributed by atoms with Crippen molar-refractivity contribution in [2.45, 2.75) is 51.2 Å². The van der Waals surface area contributed by atoms with Crippen molar-refractivity contribution in [2.75, 3.05) is 20.6 Å². The Kier molecular flexibility index (Phi) is 10.7. The summed E-state index contributed by atoms with van der Waals surface area (Å²) in [5.41, 5.74) is 2.29. The molecule has 5 nitrogen and oxygen atoms in total. The number of hydrogen-bond donors (Lipinski definition) is 1. The number of carbonyl (C=O) groups excluding carboxylic acids is 2. The molecule has 0 aliphatic heterocycles. The summed E-state index contributed by atoms with van der Waals surface area (Å²) in [6, 6.07) is 19.7. The van der Waals surface area contributed by atoms with Crippen LogP contribution in [0.25, 0.3) is 0 Å². The fraction of sp³-hybridized carbons (Fsp3) is 0.440. The van der Waals surface area contributed by atoms with E-state index in [0.717, 1.165) is 31.2 Å². The minimum Gasteiger partial charge on any atom is -0.461 e. The quantitative estimate of drug-likeness (QED) is 0.401. The van der Waals surface area contributed by atoms with Crippen molar-refractivity contribution in [3.05, 3.63) is 71.8 Å². The molecule has 0 fully saturated rings. The Hall–Kier alpha value is -2.66. The molecule has 0 aliphatic rings. The molecule has 162 valence electrons. The molecule has 0 heterocycles. The van der Waals surface area contributed by atoms with Crippen LogP contribution in [0, 0.1) is 0 Å². The van der Waals surface area contributed by atoms with Gasteiger partial charge < -0.3 is 15.0 Å². The van der Waals surface area contributed by atoms with Gasteiger partial charge in [-0.05, 0) is 44.5 Å². The van der Waals surface area contributed by atoms with Crippen LogP contribution in [0.4, 0.5) is 0 Å². The number of aryl methyl sites for hydroxylation is 1. The van der Waals surface area contributed by atoms with E-state index in [1.807, 2.05) is 55.4 Å². The Morgan fingerprint density at radius 1 is 0.900 bits per heavy atom. The van der Waals surface area contributed by atoms with Crippen LogP contribution in [0.5, 0.6) is 0 Å². The SMILES string of the molecule is CN(C)CC(CC(=O)OCc1ccccc1)NC(=O)CCCCCc1ccccc1. The summed E-state index contributed by atoms with van der Waals surface area (Å²) >= 11 is 0. The summed E-state index contributed by atoms with van der Waals surface area (Å²) in [5.74, 6) is -0.300. The number of likely N-dealkylation sites (N-methyl/N-ethyl adjacent to an activating group) is 1. The third-order valence-corrected chi connectivity index (χ3v) is 4.82. The predicted octanol–water partition coefficient (Wildman–Crippen LogP) is 3.97. The number of hydrogen-bond acceptors (Lipinski definition) is 4. The van der Waals surface area contributed by atoms with Crippen LogP contribution in [0.2, 0.25) is 0 Å². The van der Waals surface area contributed by atoms with Crippen molar-refractivity contribution >= 4 is 11.9 Å². The summed E-state index contributed by atoms with van der Waals surface area (Å²) in [4.78, 5) is 26.5. The largest absolute Gasteiger partial charge is 0.461 e. The van der Waals surface area contributed by atoms with Crippen LogP contribution < -0.4 is 5.32 Å². The average Bonchev–Trinajstić information content (AvgIpc) is 2.73. The molecular formula is C25H34N2O3. The Morgan fingerprint density at radius 2 is 1.53 bits per heavy atom. The van der Waals surface area contributed by atoms with Gasteiger partial charge in [0.25, 0.3) is 0 Å². The first-order valence-electron chi connectivity index (χ1n) is 10.7. The van der Waals surface area contributed by atoms with Gasteiger partial charge in [-0.3, -0.25) is 9.59 Å². The zero-order valence-corrected chi connectivity index (χ0v) is 18.2. The van der Waals surface area contributed by atoms with E-state index in [9.17, 15) is 9.59 Å². The maximum Gasteiger partial charge on any atom is 0.308 e. The van der Waals surface area contributed by atoms with Gasteiger partial charge in [-0.1, -0.05) is 67.1 Å². The zero-order chi connectivity index (χ0) is 21.6. The number of benzene rings is 2. The number of nitrogens with one attached hydrogen (secondary N) is 1. The molecule has 0 bridgehead atoms. The lowest BCUT2D eigenvalue weighted by Crippen LogP contribution is -2.43. The normalized spacial score (nSPS) is 11.8. The van der Waals surface area contributed by atoms with Gasteiger partial charge in [0.1, 0.15) is 6.61 Å². The Bertz CT molecular complexity index is 748. The van der Waals surface area contributed by atoms with E-state index >= 15 is 0 Å². The van der Waals surface area contributed by atoms with Gasteiger partial charge in [0.2, 0.25) is 5.91 Å². The van der Waals surface area contributed by atoms with Gasteiger partial charge in [0, 0.05) is 13.0 Å². The second-order valence-electron chi connectivity index (χ2n) is 7.92. The van der Waals surface area contributed by atoms with Gasteiger partial charge in [-0.15, -0.1) is 0 Å². The second-order valence-corrected chi connectivity index (χ2v) is 7.92. The van der Waals surface area contributed by atoms with Gasteiger partial charge >= 0.3 is 5.97 Å². The van der Waals surface area contributed by atoms with E-state index in [2.05, 4.69) is 29.6 Å². The Balaban J connectivity index is 1.67. The lowest BCUT2D eigenvalue weighted by Gasteiger charge is -2.22. The molecule has 0 aromatic heterocycles. The summed E-state index contributed by atoms with van der Waals surface area (Å²) in [5, 5.41) is 3.00. The maximum absolute atomic E-state index is 12.3. The van der Waals surface area contributed by atoms with Crippen LogP contribution in [0.15, 0.2) is 60.7 Å². The van der Waals surface area contributed by atoms with Crippen LogP contribution in [0.3, 0.4) is 0 Å². The fourth-order valence-corrected chi connectivity index (χ4v) is 3.34. The molecular weight excluding hydrogens is 376 g/mol. The molecule has 0 spiro atoms. The number of carbonyl (C=O) groups is 2. The van der Waals surface area contributed by atoms with Crippen molar-refractivity contribution in [3.63, 3.8) is 0 Å². The van der Waals surface area contributed by atoms with Gasteiger partial charge in [0.15, 0.2) is 0 Å². The highest BCUT2D eigenvalue weighted by Gasteiger charge is 2.18. The zero-order valence-electron chi connectivity index (χ0n) is 18.2. The third-order valence-electron chi connectivity index (χ3n) is 4.82. The molecule has 0 aliphatic carbocycles. The topological polar surface area (TPSA) is 58.6 Å². The third kappa shape index (κ3) is 10.2. The minimum atomic E-state index is -0.297. The van der Waals surface area contributed by atoms with E-state index in [0.29, 0.717) is 13.0 Å². The molecule has 2 aromatic carbocycles. The van der Waals surface area contributed by atoms with Crippen molar-refractivity contribution in [2.24, 2.45) is 0 Å². The predicted molar refractivity (Wildman–Crippen MR) is 120 cm³/mol. The monoisotopic (exact) mass is 410 g/mol. The molecule has 1 amide bonds. The van der Waals surface area contributed by atoms with E-state index in [1.54, 1.807) is 0 Å². The smallest absolute Gasteiger partial charge is 0.308 e. The highest BCUT2D eigenvalue weighted by atomic mass is 16.5. The molecule has 1 atom stereocenters. The maximum atomic E-state index is 12.3. The van der Waals surface area contributed by atoms with Gasteiger partial charge in [-0.2, -0.15) is 0 Å². The minimum absolute atomic E-state index is 0.00239. The van der Waals surface area contributed by atoms with E-state index in [1.165, 1.54) is 5.56 Å². The number of unbranched alkanes of at least 4 members (excludes halogenated alkanes) is 2. The average molecular weight is 411 g/mol. The van der Waals surface area contributed by atoms with Gasteiger partial charge in [-0.25, -0.2) is 0 Å². The molecule has 2 rings (SSSR count). The lowest BCUT2D eigenvalue weighted by atomic mass is 10.1. The standard InChI is InChI=1S/C25H34N2O3/c1-27(2)19-23(18-25(29)30-20-22-15-9-4-10-16-22)26-24(28)17-11-5-8-14-21-12-6-3-7-13-21/h3-4,6-7,9-10,12-13,15-16,23H,5,8,11,14,17-20H2,1-2H3,(H,26,28). The molecule has 30 heavy (non-hydrogen) atoms. The summed E-state index contributed by atoms with van der Waals surface area (Å²) in [6.45, 7) is 0.851. The van der Waals surface area contributed by atoms with Crippen molar-refractivity contribution in [1.29, 1.82) is 0 Å². The Labute approximate surface area is 180 Å². The van der Waals surface area contributed by atoms with Gasteiger partial charge in [0.05, 0.1) is 12.5 Å². The number of ether oxygens (including phenoxy) is 1.